The van der Waals surface area contributed by atoms with Crippen LogP contribution in [0.1, 0.15) is 58.9 Å². The summed E-state index contributed by atoms with van der Waals surface area (Å²) in [6.45, 7) is 7.52. The normalized spacial score (nSPS) is 26.1. The zero-order valence-electron chi connectivity index (χ0n) is 23.9. The molecular formula is C36H38O5. The van der Waals surface area contributed by atoms with Crippen LogP contribution in [-0.2, 0) is 44.6 Å². The minimum absolute atomic E-state index is 0.0547. The number of hydrogen-bond acceptors (Lipinski definition) is 5. The second-order valence-corrected chi connectivity index (χ2v) is 11.3. The van der Waals surface area contributed by atoms with Gasteiger partial charge in [-0.1, -0.05) is 110 Å². The highest BCUT2D eigenvalue weighted by Crippen LogP contribution is 2.50. The van der Waals surface area contributed by atoms with Crippen LogP contribution in [0.2, 0.25) is 0 Å². The Balaban J connectivity index is 1.37. The number of rotatable bonds is 8. The molecule has 6 atom stereocenters. The van der Waals surface area contributed by atoms with E-state index in [4.69, 9.17) is 18.9 Å². The van der Waals surface area contributed by atoms with Gasteiger partial charge >= 0.3 is 0 Å². The number of benzene rings is 4. The number of aliphatic hydroxyl groups excluding tert-OH is 1. The molecule has 5 nitrogen and oxygen atoms in total. The van der Waals surface area contributed by atoms with Crippen LogP contribution in [0.3, 0.4) is 0 Å². The molecule has 4 aromatic rings. The summed E-state index contributed by atoms with van der Waals surface area (Å²) in [4.78, 5) is 0. The van der Waals surface area contributed by atoms with E-state index in [-0.39, 0.29) is 18.1 Å². The van der Waals surface area contributed by atoms with Crippen LogP contribution < -0.4 is 0 Å². The van der Waals surface area contributed by atoms with Crippen molar-refractivity contribution in [2.24, 2.45) is 5.92 Å². The molecule has 0 aromatic heterocycles. The van der Waals surface area contributed by atoms with Gasteiger partial charge in [-0.05, 0) is 47.7 Å². The molecule has 0 aliphatic carbocycles. The Labute approximate surface area is 242 Å². The summed E-state index contributed by atoms with van der Waals surface area (Å²) in [6.07, 6.45) is -1.75. The van der Waals surface area contributed by atoms with Crippen LogP contribution in [-0.4, -0.2) is 23.4 Å². The van der Waals surface area contributed by atoms with Crippen molar-refractivity contribution in [3.05, 3.63) is 142 Å². The van der Waals surface area contributed by atoms with E-state index in [1.165, 1.54) is 0 Å². The van der Waals surface area contributed by atoms with Gasteiger partial charge in [0.1, 0.15) is 12.2 Å². The van der Waals surface area contributed by atoms with E-state index in [9.17, 15) is 5.11 Å². The third-order valence-electron chi connectivity index (χ3n) is 8.51. The van der Waals surface area contributed by atoms with Crippen molar-refractivity contribution in [2.45, 2.75) is 70.8 Å². The highest BCUT2D eigenvalue weighted by Gasteiger charge is 2.59. The Morgan fingerprint density at radius 3 is 2.07 bits per heavy atom. The largest absolute Gasteiger partial charge is 0.384 e. The van der Waals surface area contributed by atoms with Gasteiger partial charge in [0.15, 0.2) is 0 Å². The number of aliphatic hydroxyl groups is 1. The van der Waals surface area contributed by atoms with Crippen molar-refractivity contribution in [2.75, 3.05) is 0 Å². The molecule has 1 spiro atoms. The van der Waals surface area contributed by atoms with Gasteiger partial charge in [0.25, 0.3) is 0 Å². The molecule has 2 heterocycles. The van der Waals surface area contributed by atoms with Crippen LogP contribution in [0.15, 0.2) is 103 Å². The molecule has 212 valence electrons. The molecule has 0 amide bonds. The average Bonchev–Trinajstić information content (AvgIpc) is 3.36. The molecule has 6 rings (SSSR count). The third kappa shape index (κ3) is 5.61. The fourth-order valence-corrected chi connectivity index (χ4v) is 5.93. The van der Waals surface area contributed by atoms with Crippen molar-refractivity contribution < 1.29 is 24.1 Å². The van der Waals surface area contributed by atoms with Crippen LogP contribution in [0, 0.1) is 12.8 Å². The molecule has 1 fully saturated rings. The van der Waals surface area contributed by atoms with E-state index < -0.39 is 18.0 Å². The third-order valence-corrected chi connectivity index (χ3v) is 8.51. The first-order chi connectivity index (χ1) is 19.9. The van der Waals surface area contributed by atoms with Crippen molar-refractivity contribution in [3.63, 3.8) is 0 Å². The van der Waals surface area contributed by atoms with Crippen molar-refractivity contribution >= 4 is 0 Å². The molecule has 4 aromatic carbocycles. The van der Waals surface area contributed by atoms with Gasteiger partial charge in [0.05, 0.1) is 32.0 Å². The van der Waals surface area contributed by atoms with Gasteiger partial charge in [-0.15, -0.1) is 0 Å². The van der Waals surface area contributed by atoms with E-state index in [0.29, 0.717) is 19.8 Å². The number of fused-ring (bicyclic) bond motifs is 2. The molecule has 1 unspecified atom stereocenters. The Morgan fingerprint density at radius 1 is 0.805 bits per heavy atom. The monoisotopic (exact) mass is 550 g/mol. The predicted octanol–water partition coefficient (Wildman–Crippen LogP) is 6.99. The SMILES string of the molecule is Cc1ccc(C(O)c2ccc3c(c2)[C@]2(OC3)O[C@H](C)[C@@H](C)[C@H](OCc3ccccc3)[C@H]2OCc2ccccc2)cc1. The quantitative estimate of drug-likeness (QED) is 0.256. The molecule has 2 aliphatic heterocycles. The lowest BCUT2D eigenvalue weighted by atomic mass is 9.82. The first-order valence-corrected chi connectivity index (χ1v) is 14.5. The topological polar surface area (TPSA) is 57.2 Å². The van der Waals surface area contributed by atoms with Gasteiger partial charge in [-0.3, -0.25) is 0 Å². The lowest BCUT2D eigenvalue weighted by molar-refractivity contribution is -0.369. The second-order valence-electron chi connectivity index (χ2n) is 11.3. The summed E-state index contributed by atoms with van der Waals surface area (Å²) < 4.78 is 26.8. The standard InChI is InChI=1S/C36H38O5/c1-24-14-16-29(17-15-24)33(37)30-18-19-31-23-40-36(32(31)20-30)35(39-22-28-12-8-5-9-13-28)34(25(2)26(3)41-36)38-21-27-10-6-4-7-11-27/h4-20,25-26,33-35,37H,21-23H2,1-3H3/t25-,26-,33?,34+,35-,36+/m1/s1. The lowest BCUT2D eigenvalue weighted by Gasteiger charge is -2.50. The summed E-state index contributed by atoms with van der Waals surface area (Å²) in [5.74, 6) is -1.11. The summed E-state index contributed by atoms with van der Waals surface area (Å²) in [6, 6.07) is 34.4. The summed E-state index contributed by atoms with van der Waals surface area (Å²) in [7, 11) is 0. The van der Waals surface area contributed by atoms with Crippen molar-refractivity contribution in [3.8, 4) is 0 Å². The lowest BCUT2D eigenvalue weighted by Crippen LogP contribution is -2.60. The first kappa shape index (κ1) is 27.8. The van der Waals surface area contributed by atoms with Crippen molar-refractivity contribution in [1.82, 2.24) is 0 Å². The van der Waals surface area contributed by atoms with Crippen molar-refractivity contribution in [1.29, 1.82) is 0 Å². The highest BCUT2D eigenvalue weighted by molar-refractivity contribution is 5.42. The van der Waals surface area contributed by atoms with E-state index in [2.05, 4.69) is 38.1 Å². The smallest absolute Gasteiger partial charge is 0.225 e. The Bertz CT molecular complexity index is 1440. The summed E-state index contributed by atoms with van der Waals surface area (Å²) in [5, 5.41) is 11.3. The van der Waals surface area contributed by atoms with E-state index in [1.54, 1.807) is 0 Å². The molecule has 0 radical (unpaired) electrons. The number of hydrogen-bond donors (Lipinski definition) is 1. The predicted molar refractivity (Wildman–Crippen MR) is 158 cm³/mol. The van der Waals surface area contributed by atoms with E-state index >= 15 is 0 Å². The average molecular weight is 551 g/mol. The zero-order valence-corrected chi connectivity index (χ0v) is 23.9. The zero-order chi connectivity index (χ0) is 28.4. The van der Waals surface area contributed by atoms with Gasteiger partial charge in [-0.2, -0.15) is 0 Å². The second kappa shape index (κ2) is 11.9. The fourth-order valence-electron chi connectivity index (χ4n) is 5.93. The molecular weight excluding hydrogens is 512 g/mol. The minimum Gasteiger partial charge on any atom is -0.384 e. The summed E-state index contributed by atoms with van der Waals surface area (Å²) >= 11 is 0. The van der Waals surface area contributed by atoms with Gasteiger partial charge in [-0.25, -0.2) is 0 Å². The molecule has 0 saturated carbocycles. The van der Waals surface area contributed by atoms with Gasteiger partial charge in [0, 0.05) is 11.5 Å². The van der Waals surface area contributed by atoms with Gasteiger partial charge < -0.3 is 24.1 Å². The van der Waals surface area contributed by atoms with Crippen LogP contribution in [0.5, 0.6) is 0 Å². The van der Waals surface area contributed by atoms with Crippen LogP contribution in [0.25, 0.3) is 0 Å². The van der Waals surface area contributed by atoms with Gasteiger partial charge in [0.2, 0.25) is 5.79 Å². The van der Waals surface area contributed by atoms with Crippen LogP contribution in [0.4, 0.5) is 0 Å². The molecule has 41 heavy (non-hydrogen) atoms. The molecule has 2 aliphatic rings. The fraction of sp³-hybridized carbons (Fsp3) is 0.333. The maximum absolute atomic E-state index is 11.3. The van der Waals surface area contributed by atoms with E-state index in [0.717, 1.165) is 38.9 Å². The van der Waals surface area contributed by atoms with E-state index in [1.807, 2.05) is 85.8 Å². The Kier molecular flexibility index (Phi) is 8.07. The number of aryl methyl sites for hydroxylation is 1. The molecule has 1 N–H and O–H groups in total. The Morgan fingerprint density at radius 2 is 1.41 bits per heavy atom. The Hall–Kier alpha value is -3.32. The number of ether oxygens (including phenoxy) is 4. The molecule has 5 heteroatoms. The summed E-state index contributed by atoms with van der Waals surface area (Å²) in [5.41, 5.74) is 6.88. The first-order valence-electron chi connectivity index (χ1n) is 14.5. The maximum atomic E-state index is 11.3. The highest BCUT2D eigenvalue weighted by atomic mass is 16.7. The minimum atomic E-state index is -1.17. The maximum Gasteiger partial charge on any atom is 0.225 e. The molecule has 1 saturated heterocycles. The van der Waals surface area contributed by atoms with Crippen LogP contribution >= 0.6 is 0 Å². The molecule has 0 bridgehead atoms.